The largest absolute Gasteiger partial charge is 0.497 e. The summed E-state index contributed by atoms with van der Waals surface area (Å²) in [7, 11) is 4.63. The molecule has 1 atom stereocenters. The summed E-state index contributed by atoms with van der Waals surface area (Å²) in [6.45, 7) is 0. The van der Waals surface area contributed by atoms with Crippen LogP contribution >= 0.6 is 0 Å². The highest BCUT2D eigenvalue weighted by Gasteiger charge is 2.38. The van der Waals surface area contributed by atoms with E-state index in [1.807, 2.05) is 24.3 Å². The van der Waals surface area contributed by atoms with Crippen molar-refractivity contribution in [1.82, 2.24) is 5.32 Å². The van der Waals surface area contributed by atoms with Crippen LogP contribution in [0.1, 0.15) is 15.9 Å². The van der Waals surface area contributed by atoms with Gasteiger partial charge in [0.15, 0.2) is 0 Å². The van der Waals surface area contributed by atoms with E-state index in [0.29, 0.717) is 23.5 Å². The molecular weight excluding hydrogens is 320 g/mol. The van der Waals surface area contributed by atoms with Crippen LogP contribution in [0.3, 0.4) is 0 Å². The van der Waals surface area contributed by atoms with Crippen molar-refractivity contribution in [2.45, 2.75) is 12.5 Å². The van der Waals surface area contributed by atoms with E-state index in [0.717, 1.165) is 11.3 Å². The minimum absolute atomic E-state index is 0.195. The monoisotopic (exact) mass is 340 g/mol. The SMILES string of the molecule is CNC(=O)C1Cc2ccccc2N1C(=O)c1cc(OC)cc(OC)c1. The lowest BCUT2D eigenvalue weighted by atomic mass is 10.1. The molecule has 2 amide bonds. The first kappa shape index (κ1) is 16.8. The van der Waals surface area contributed by atoms with Gasteiger partial charge in [-0.05, 0) is 23.8 Å². The maximum absolute atomic E-state index is 13.2. The van der Waals surface area contributed by atoms with E-state index >= 15 is 0 Å². The highest BCUT2D eigenvalue weighted by Crippen LogP contribution is 2.34. The Kier molecular flexibility index (Phi) is 4.61. The van der Waals surface area contributed by atoms with Gasteiger partial charge in [0, 0.05) is 30.8 Å². The number of fused-ring (bicyclic) bond motifs is 1. The van der Waals surface area contributed by atoms with Gasteiger partial charge in [0.2, 0.25) is 5.91 Å². The predicted molar refractivity (Wildman–Crippen MR) is 94.4 cm³/mol. The normalized spacial score (nSPS) is 15.5. The van der Waals surface area contributed by atoms with Crippen molar-refractivity contribution in [3.8, 4) is 11.5 Å². The quantitative estimate of drug-likeness (QED) is 0.925. The fourth-order valence-corrected chi connectivity index (χ4v) is 3.08. The first-order valence-electron chi connectivity index (χ1n) is 7.95. The second kappa shape index (κ2) is 6.84. The van der Waals surface area contributed by atoms with E-state index in [9.17, 15) is 9.59 Å². The van der Waals surface area contributed by atoms with E-state index in [2.05, 4.69) is 5.32 Å². The summed E-state index contributed by atoms with van der Waals surface area (Å²) in [6.07, 6.45) is 0.489. The molecule has 6 nitrogen and oxygen atoms in total. The summed E-state index contributed by atoms with van der Waals surface area (Å²) in [5.74, 6) is 0.577. The summed E-state index contributed by atoms with van der Waals surface area (Å²) < 4.78 is 10.5. The Balaban J connectivity index is 2.05. The molecular formula is C19H20N2O4. The van der Waals surface area contributed by atoms with E-state index in [1.54, 1.807) is 30.1 Å². The van der Waals surface area contributed by atoms with E-state index < -0.39 is 6.04 Å². The number of methoxy groups -OCH3 is 2. The second-order valence-electron chi connectivity index (χ2n) is 5.74. The Morgan fingerprint density at radius 3 is 2.32 bits per heavy atom. The van der Waals surface area contributed by atoms with Crippen molar-refractivity contribution in [3.63, 3.8) is 0 Å². The van der Waals surface area contributed by atoms with Crippen molar-refractivity contribution >= 4 is 17.5 Å². The topological polar surface area (TPSA) is 67.9 Å². The van der Waals surface area contributed by atoms with Gasteiger partial charge in [0.25, 0.3) is 5.91 Å². The fourth-order valence-electron chi connectivity index (χ4n) is 3.08. The summed E-state index contributed by atoms with van der Waals surface area (Å²) in [5, 5.41) is 2.64. The Bertz CT molecular complexity index is 797. The van der Waals surface area contributed by atoms with Gasteiger partial charge >= 0.3 is 0 Å². The number of likely N-dealkylation sites (N-methyl/N-ethyl adjacent to an activating group) is 1. The van der Waals surface area contributed by atoms with E-state index in [-0.39, 0.29) is 11.8 Å². The molecule has 0 aromatic heterocycles. The van der Waals surface area contributed by atoms with Crippen LogP contribution in [-0.2, 0) is 11.2 Å². The molecule has 6 heteroatoms. The molecule has 25 heavy (non-hydrogen) atoms. The Hall–Kier alpha value is -3.02. The van der Waals surface area contributed by atoms with Crippen molar-refractivity contribution in [3.05, 3.63) is 53.6 Å². The van der Waals surface area contributed by atoms with Crippen molar-refractivity contribution in [1.29, 1.82) is 0 Å². The molecule has 130 valence electrons. The van der Waals surface area contributed by atoms with Crippen LogP contribution in [-0.4, -0.2) is 39.1 Å². The van der Waals surface area contributed by atoms with Crippen LogP contribution < -0.4 is 19.7 Å². The zero-order valence-electron chi connectivity index (χ0n) is 14.4. The first-order valence-corrected chi connectivity index (χ1v) is 7.95. The van der Waals surface area contributed by atoms with Crippen LogP contribution in [0.4, 0.5) is 5.69 Å². The lowest BCUT2D eigenvalue weighted by Crippen LogP contribution is -2.47. The number of hydrogen-bond acceptors (Lipinski definition) is 4. The number of amides is 2. The van der Waals surface area contributed by atoms with Crippen molar-refractivity contribution in [2.75, 3.05) is 26.2 Å². The third kappa shape index (κ3) is 3.03. The maximum atomic E-state index is 13.2. The average Bonchev–Trinajstić information content (AvgIpc) is 3.05. The van der Waals surface area contributed by atoms with Crippen LogP contribution in [0.15, 0.2) is 42.5 Å². The standard InChI is InChI=1S/C19H20N2O4/c1-20-18(22)17-10-12-6-4-5-7-16(12)21(17)19(23)13-8-14(24-2)11-15(9-13)25-3/h4-9,11,17H,10H2,1-3H3,(H,20,22). The number of carbonyl (C=O) groups excluding carboxylic acids is 2. The molecule has 3 rings (SSSR count). The molecule has 1 aliphatic rings. The molecule has 1 N–H and O–H groups in total. The highest BCUT2D eigenvalue weighted by atomic mass is 16.5. The van der Waals surface area contributed by atoms with Crippen molar-refractivity contribution < 1.29 is 19.1 Å². The minimum Gasteiger partial charge on any atom is -0.497 e. The summed E-state index contributed by atoms with van der Waals surface area (Å²) in [6, 6.07) is 12.0. The summed E-state index contributed by atoms with van der Waals surface area (Å²) in [4.78, 5) is 27.1. The summed E-state index contributed by atoms with van der Waals surface area (Å²) >= 11 is 0. The number of para-hydroxylation sites is 1. The van der Waals surface area contributed by atoms with Gasteiger partial charge in [-0.3, -0.25) is 14.5 Å². The molecule has 1 unspecified atom stereocenters. The molecule has 0 spiro atoms. The number of nitrogens with one attached hydrogen (secondary N) is 1. The molecule has 0 fully saturated rings. The molecule has 2 aromatic rings. The molecule has 1 aliphatic heterocycles. The van der Waals surface area contributed by atoms with Crippen LogP contribution in [0.2, 0.25) is 0 Å². The smallest absolute Gasteiger partial charge is 0.259 e. The number of anilines is 1. The van der Waals surface area contributed by atoms with Crippen LogP contribution in [0, 0.1) is 0 Å². The van der Waals surface area contributed by atoms with Gasteiger partial charge < -0.3 is 14.8 Å². The number of benzene rings is 2. The maximum Gasteiger partial charge on any atom is 0.259 e. The Morgan fingerprint density at radius 2 is 1.72 bits per heavy atom. The number of carbonyl (C=O) groups is 2. The third-order valence-corrected chi connectivity index (χ3v) is 4.34. The number of nitrogens with zero attached hydrogens (tertiary/aromatic N) is 1. The zero-order chi connectivity index (χ0) is 18.0. The van der Waals surface area contributed by atoms with Gasteiger partial charge in [-0.25, -0.2) is 0 Å². The lowest BCUT2D eigenvalue weighted by Gasteiger charge is -2.24. The zero-order valence-corrected chi connectivity index (χ0v) is 14.4. The van der Waals surface area contributed by atoms with Crippen molar-refractivity contribution in [2.24, 2.45) is 0 Å². The molecule has 0 saturated heterocycles. The Labute approximate surface area is 146 Å². The summed E-state index contributed by atoms with van der Waals surface area (Å²) in [5.41, 5.74) is 2.13. The van der Waals surface area contributed by atoms with Gasteiger partial charge in [-0.2, -0.15) is 0 Å². The first-order chi connectivity index (χ1) is 12.1. The molecule has 2 aromatic carbocycles. The highest BCUT2D eigenvalue weighted by molar-refractivity contribution is 6.11. The predicted octanol–water partition coefficient (Wildman–Crippen LogP) is 2.02. The molecule has 0 saturated carbocycles. The van der Waals surface area contributed by atoms with Gasteiger partial charge in [-0.1, -0.05) is 18.2 Å². The van der Waals surface area contributed by atoms with Gasteiger partial charge in [0.1, 0.15) is 17.5 Å². The average molecular weight is 340 g/mol. The van der Waals surface area contributed by atoms with Crippen LogP contribution in [0.25, 0.3) is 0 Å². The molecule has 1 heterocycles. The number of rotatable bonds is 4. The van der Waals surface area contributed by atoms with Crippen LogP contribution in [0.5, 0.6) is 11.5 Å². The molecule has 0 aliphatic carbocycles. The third-order valence-electron chi connectivity index (χ3n) is 4.34. The second-order valence-corrected chi connectivity index (χ2v) is 5.74. The lowest BCUT2D eigenvalue weighted by molar-refractivity contribution is -0.121. The Morgan fingerprint density at radius 1 is 1.08 bits per heavy atom. The fraction of sp³-hybridized carbons (Fsp3) is 0.263. The van der Waals surface area contributed by atoms with E-state index in [4.69, 9.17) is 9.47 Å². The van der Waals surface area contributed by atoms with E-state index in [1.165, 1.54) is 14.2 Å². The number of hydrogen-bond donors (Lipinski definition) is 1. The van der Waals surface area contributed by atoms with Gasteiger partial charge in [0.05, 0.1) is 14.2 Å². The van der Waals surface area contributed by atoms with Gasteiger partial charge in [-0.15, -0.1) is 0 Å². The number of ether oxygens (including phenoxy) is 2. The molecule has 0 radical (unpaired) electrons. The minimum atomic E-state index is -0.577. The molecule has 0 bridgehead atoms.